The summed E-state index contributed by atoms with van der Waals surface area (Å²) in [5, 5.41) is 2.61. The lowest BCUT2D eigenvalue weighted by molar-refractivity contribution is -0.138. The Kier molecular flexibility index (Phi) is 8.12. The Labute approximate surface area is 224 Å². The van der Waals surface area contributed by atoms with E-state index in [9.17, 15) is 36.0 Å². The number of nitrogens with one attached hydrogen (secondary N) is 1. The van der Waals surface area contributed by atoms with Crippen LogP contribution in [0.5, 0.6) is 0 Å². The molecule has 4 rings (SSSR count). The van der Waals surface area contributed by atoms with Gasteiger partial charge < -0.3 is 10.2 Å². The average Bonchev–Trinajstić information content (AvgIpc) is 3.44. The van der Waals surface area contributed by atoms with E-state index in [4.69, 9.17) is 0 Å². The third-order valence-corrected chi connectivity index (χ3v) is 8.63. The molecule has 2 aliphatic rings. The van der Waals surface area contributed by atoms with E-state index in [0.29, 0.717) is 5.69 Å². The van der Waals surface area contributed by atoms with Crippen LogP contribution >= 0.6 is 0 Å². The Morgan fingerprint density at radius 2 is 1.82 bits per heavy atom. The first kappa shape index (κ1) is 28.7. The van der Waals surface area contributed by atoms with Gasteiger partial charge in [0.25, 0.3) is 5.91 Å². The third-order valence-electron chi connectivity index (χ3n) is 6.86. The molecular formula is C26H29F3N4O5S. The number of hydrogen-bond donors (Lipinski definition) is 1. The molecule has 3 atom stereocenters. The topological polar surface area (TPSA) is 117 Å². The third kappa shape index (κ3) is 6.30. The molecule has 2 amide bonds. The van der Waals surface area contributed by atoms with Crippen LogP contribution in [0.1, 0.15) is 48.3 Å². The summed E-state index contributed by atoms with van der Waals surface area (Å²) in [6.45, 7) is 3.44. The lowest BCUT2D eigenvalue weighted by atomic mass is 10.0. The summed E-state index contributed by atoms with van der Waals surface area (Å²) >= 11 is 0. The Bertz CT molecular complexity index is 1330. The van der Waals surface area contributed by atoms with Crippen molar-refractivity contribution in [2.24, 2.45) is 5.92 Å². The number of halogens is 3. The lowest BCUT2D eigenvalue weighted by Gasteiger charge is -2.29. The van der Waals surface area contributed by atoms with Gasteiger partial charge in [-0.05, 0) is 55.2 Å². The van der Waals surface area contributed by atoms with Crippen molar-refractivity contribution in [2.75, 3.05) is 13.1 Å². The van der Waals surface area contributed by atoms with Crippen LogP contribution < -0.4 is 5.32 Å². The normalized spacial score (nSPS) is 20.8. The average molecular weight is 567 g/mol. The van der Waals surface area contributed by atoms with Crippen molar-refractivity contribution in [2.45, 2.75) is 56.7 Å². The molecule has 0 spiro atoms. The number of sulfonamides is 1. The molecule has 2 fully saturated rings. The van der Waals surface area contributed by atoms with E-state index in [0.717, 1.165) is 28.6 Å². The van der Waals surface area contributed by atoms with Gasteiger partial charge in [-0.25, -0.2) is 8.42 Å². The fraction of sp³-hybridized carbons (Fsp3) is 0.462. The van der Waals surface area contributed by atoms with Gasteiger partial charge in [-0.2, -0.15) is 17.5 Å². The Hall–Kier alpha value is -3.32. The van der Waals surface area contributed by atoms with Crippen LogP contribution in [-0.2, 0) is 31.5 Å². The van der Waals surface area contributed by atoms with Crippen LogP contribution in [0.3, 0.4) is 0 Å². The standard InChI is InChI=1S/C26H29F3N4O5S/c1-16(2)13-20(31-24(35)17-6-8-18(9-7-17)26(27,28)29)25(36)32-12-10-21-23(32)22(34)14-33(21)39(37,38)15-19-5-3-4-11-30-19/h3-9,11,16,20-21,23H,10,12-15H2,1-2H3,(H,31,35). The number of benzene rings is 1. The van der Waals surface area contributed by atoms with E-state index in [1.54, 1.807) is 18.2 Å². The van der Waals surface area contributed by atoms with E-state index >= 15 is 0 Å². The summed E-state index contributed by atoms with van der Waals surface area (Å²) in [5.41, 5.74) is -0.617. The van der Waals surface area contributed by atoms with Gasteiger partial charge >= 0.3 is 6.18 Å². The molecule has 39 heavy (non-hydrogen) atoms. The van der Waals surface area contributed by atoms with Gasteiger partial charge in [-0.1, -0.05) is 19.9 Å². The highest BCUT2D eigenvalue weighted by atomic mass is 32.2. The first-order valence-corrected chi connectivity index (χ1v) is 14.1. The number of rotatable bonds is 8. The number of alkyl halides is 3. The second-order valence-electron chi connectivity index (χ2n) is 10.2. The number of nitrogens with zero attached hydrogens (tertiary/aromatic N) is 3. The molecule has 2 aromatic rings. The Morgan fingerprint density at radius 3 is 2.41 bits per heavy atom. The molecule has 3 unspecified atom stereocenters. The van der Waals surface area contributed by atoms with Crippen LogP contribution in [-0.4, -0.2) is 71.4 Å². The molecule has 13 heteroatoms. The van der Waals surface area contributed by atoms with Crippen LogP contribution in [0, 0.1) is 5.92 Å². The van der Waals surface area contributed by atoms with E-state index in [1.807, 2.05) is 13.8 Å². The SMILES string of the molecule is CC(C)CC(NC(=O)c1ccc(C(F)(F)F)cc1)C(=O)N1CCC2C1C(=O)CN2S(=O)(=O)Cc1ccccn1. The number of amides is 2. The van der Waals surface area contributed by atoms with Crippen LogP contribution in [0.15, 0.2) is 48.7 Å². The maximum atomic E-state index is 13.6. The minimum absolute atomic E-state index is 0.0419. The van der Waals surface area contributed by atoms with Crippen molar-refractivity contribution in [1.82, 2.24) is 19.5 Å². The van der Waals surface area contributed by atoms with Crippen LogP contribution in [0.25, 0.3) is 0 Å². The maximum absolute atomic E-state index is 13.6. The van der Waals surface area contributed by atoms with E-state index in [2.05, 4.69) is 10.3 Å². The van der Waals surface area contributed by atoms with Crippen molar-refractivity contribution in [3.63, 3.8) is 0 Å². The first-order valence-electron chi connectivity index (χ1n) is 12.5. The minimum atomic E-state index is -4.55. The van der Waals surface area contributed by atoms with E-state index in [1.165, 1.54) is 11.1 Å². The van der Waals surface area contributed by atoms with E-state index in [-0.39, 0.29) is 43.2 Å². The van der Waals surface area contributed by atoms with E-state index < -0.39 is 57.5 Å². The number of pyridine rings is 1. The molecule has 0 aliphatic carbocycles. The summed E-state index contributed by atoms with van der Waals surface area (Å²) in [7, 11) is -3.90. The predicted molar refractivity (Wildman–Crippen MR) is 135 cm³/mol. The quantitative estimate of drug-likeness (QED) is 0.525. The molecule has 0 bridgehead atoms. The number of carbonyl (C=O) groups is 3. The number of likely N-dealkylation sites (tertiary alicyclic amines) is 1. The summed E-state index contributed by atoms with van der Waals surface area (Å²) in [6, 6.07) is 5.80. The number of Topliss-reactive ketones (excluding diaryl/α,β-unsaturated/α-hetero) is 1. The molecule has 1 aromatic carbocycles. The highest BCUT2D eigenvalue weighted by Crippen LogP contribution is 2.33. The van der Waals surface area contributed by atoms with Crippen molar-refractivity contribution in [3.05, 3.63) is 65.5 Å². The fourth-order valence-electron chi connectivity index (χ4n) is 5.08. The number of carbonyl (C=O) groups excluding carboxylic acids is 3. The van der Waals surface area contributed by atoms with Gasteiger partial charge in [0, 0.05) is 18.3 Å². The van der Waals surface area contributed by atoms with Gasteiger partial charge in [0.1, 0.15) is 17.8 Å². The van der Waals surface area contributed by atoms with Gasteiger partial charge in [-0.15, -0.1) is 0 Å². The summed E-state index contributed by atoms with van der Waals surface area (Å²) in [6.07, 6.45) is -2.60. The van der Waals surface area contributed by atoms with Crippen molar-refractivity contribution in [1.29, 1.82) is 0 Å². The van der Waals surface area contributed by atoms with Crippen molar-refractivity contribution >= 4 is 27.6 Å². The molecule has 3 heterocycles. The second-order valence-corrected chi connectivity index (χ2v) is 12.1. The predicted octanol–water partition coefficient (Wildman–Crippen LogP) is 2.63. The second kappa shape index (κ2) is 11.0. The Balaban J connectivity index is 1.50. The molecule has 0 radical (unpaired) electrons. The van der Waals surface area contributed by atoms with Gasteiger partial charge in [0.05, 0.1) is 23.8 Å². The molecule has 0 saturated carbocycles. The largest absolute Gasteiger partial charge is 0.416 e. The number of aromatic nitrogens is 1. The smallest absolute Gasteiger partial charge is 0.340 e. The summed E-state index contributed by atoms with van der Waals surface area (Å²) < 4.78 is 66.1. The number of hydrogen-bond acceptors (Lipinski definition) is 6. The zero-order chi connectivity index (χ0) is 28.5. The van der Waals surface area contributed by atoms with Crippen molar-refractivity contribution < 1.29 is 36.0 Å². The van der Waals surface area contributed by atoms with Crippen LogP contribution in [0.4, 0.5) is 13.2 Å². The number of ketones is 1. The Morgan fingerprint density at radius 1 is 1.13 bits per heavy atom. The zero-order valence-electron chi connectivity index (χ0n) is 21.4. The molecular weight excluding hydrogens is 537 g/mol. The number of fused-ring (bicyclic) bond motifs is 1. The highest BCUT2D eigenvalue weighted by molar-refractivity contribution is 7.88. The first-order chi connectivity index (χ1) is 18.3. The molecule has 2 aliphatic heterocycles. The van der Waals surface area contributed by atoms with Crippen molar-refractivity contribution in [3.8, 4) is 0 Å². The molecule has 1 N–H and O–H groups in total. The van der Waals surface area contributed by atoms with Gasteiger partial charge in [0.2, 0.25) is 15.9 Å². The summed E-state index contributed by atoms with van der Waals surface area (Å²) in [5.74, 6) is -2.09. The molecule has 1 aromatic heterocycles. The fourth-order valence-corrected chi connectivity index (χ4v) is 6.75. The maximum Gasteiger partial charge on any atom is 0.416 e. The highest BCUT2D eigenvalue weighted by Gasteiger charge is 2.54. The summed E-state index contributed by atoms with van der Waals surface area (Å²) in [4.78, 5) is 44.8. The zero-order valence-corrected chi connectivity index (χ0v) is 22.2. The van der Waals surface area contributed by atoms with Crippen LogP contribution in [0.2, 0.25) is 0 Å². The monoisotopic (exact) mass is 566 g/mol. The van der Waals surface area contributed by atoms with Gasteiger partial charge in [0.15, 0.2) is 5.78 Å². The molecule has 2 saturated heterocycles. The van der Waals surface area contributed by atoms with Gasteiger partial charge in [-0.3, -0.25) is 19.4 Å². The molecule has 9 nitrogen and oxygen atoms in total. The lowest BCUT2D eigenvalue weighted by Crippen LogP contribution is -2.53. The molecule has 210 valence electrons. The minimum Gasteiger partial charge on any atom is -0.340 e.